The molecule has 1 aromatic rings. The summed E-state index contributed by atoms with van der Waals surface area (Å²) >= 11 is 0. The maximum atomic E-state index is 12.6. The molecule has 0 N–H and O–H groups in total. The van der Waals surface area contributed by atoms with Crippen molar-refractivity contribution >= 4 is 5.78 Å². The number of hydrogen-bond donors (Lipinski definition) is 0. The number of nitrogens with zero attached hydrogens (tertiary/aromatic N) is 1. The molecule has 0 atom stereocenters. The Hall–Kier alpha value is -1.39. The van der Waals surface area contributed by atoms with E-state index < -0.39 is 17.5 Å². The molecule has 0 aliphatic heterocycles. The summed E-state index contributed by atoms with van der Waals surface area (Å²) in [7, 11) is 0. The van der Waals surface area contributed by atoms with E-state index in [4.69, 9.17) is 0 Å². The molecule has 0 aromatic carbocycles. The SMILES string of the molecule is CCCCC(=O)c1cnccc1C(F)(F)F. The van der Waals surface area contributed by atoms with Crippen molar-refractivity contribution in [2.24, 2.45) is 0 Å². The summed E-state index contributed by atoms with van der Waals surface area (Å²) < 4.78 is 37.7. The highest BCUT2D eigenvalue weighted by Gasteiger charge is 2.34. The van der Waals surface area contributed by atoms with Gasteiger partial charge in [-0.2, -0.15) is 13.2 Å². The fraction of sp³-hybridized carbons (Fsp3) is 0.455. The van der Waals surface area contributed by atoms with Crippen LogP contribution in [0.3, 0.4) is 0 Å². The van der Waals surface area contributed by atoms with Crippen molar-refractivity contribution in [3.8, 4) is 0 Å². The molecule has 1 aromatic heterocycles. The van der Waals surface area contributed by atoms with Gasteiger partial charge in [-0.3, -0.25) is 9.78 Å². The van der Waals surface area contributed by atoms with Crippen LogP contribution in [-0.4, -0.2) is 10.8 Å². The molecule has 0 fully saturated rings. The van der Waals surface area contributed by atoms with Gasteiger partial charge in [0.2, 0.25) is 0 Å². The van der Waals surface area contributed by atoms with Gasteiger partial charge in [0.15, 0.2) is 5.78 Å². The predicted molar refractivity (Wildman–Crippen MR) is 53.1 cm³/mol. The van der Waals surface area contributed by atoms with Crippen LogP contribution in [0, 0.1) is 0 Å². The number of aromatic nitrogens is 1. The summed E-state index contributed by atoms with van der Waals surface area (Å²) in [6.45, 7) is 1.88. The molecule has 0 aliphatic carbocycles. The van der Waals surface area contributed by atoms with Gasteiger partial charge in [0.05, 0.1) is 5.56 Å². The first-order valence-electron chi connectivity index (χ1n) is 5.01. The van der Waals surface area contributed by atoms with Gasteiger partial charge in [-0.15, -0.1) is 0 Å². The largest absolute Gasteiger partial charge is 0.417 e. The Morgan fingerprint density at radius 2 is 2.12 bits per heavy atom. The number of alkyl halides is 3. The number of carbonyl (C=O) groups is 1. The Balaban J connectivity index is 3.00. The van der Waals surface area contributed by atoms with E-state index in [1.807, 2.05) is 6.92 Å². The average Bonchev–Trinajstić information content (AvgIpc) is 2.24. The van der Waals surface area contributed by atoms with E-state index in [-0.39, 0.29) is 12.0 Å². The molecule has 1 rings (SSSR count). The molecule has 0 radical (unpaired) electrons. The second-order valence-corrected chi connectivity index (χ2v) is 3.45. The molecule has 0 spiro atoms. The Kier molecular flexibility index (Phi) is 4.04. The number of halogens is 3. The lowest BCUT2D eigenvalue weighted by molar-refractivity contribution is -0.138. The Labute approximate surface area is 91.5 Å². The second kappa shape index (κ2) is 5.09. The van der Waals surface area contributed by atoms with E-state index in [9.17, 15) is 18.0 Å². The van der Waals surface area contributed by atoms with Gasteiger partial charge in [-0.1, -0.05) is 13.3 Å². The van der Waals surface area contributed by atoms with Crippen molar-refractivity contribution in [1.82, 2.24) is 4.98 Å². The Morgan fingerprint density at radius 1 is 1.44 bits per heavy atom. The fourth-order valence-corrected chi connectivity index (χ4v) is 1.34. The summed E-state index contributed by atoms with van der Waals surface area (Å²) in [6.07, 6.45) is -0.982. The zero-order valence-electron chi connectivity index (χ0n) is 8.84. The van der Waals surface area contributed by atoms with Gasteiger partial charge < -0.3 is 0 Å². The van der Waals surface area contributed by atoms with Crippen molar-refractivity contribution in [2.45, 2.75) is 32.4 Å². The molecule has 0 bridgehead atoms. The zero-order chi connectivity index (χ0) is 12.2. The van der Waals surface area contributed by atoms with E-state index in [2.05, 4.69) is 4.98 Å². The third-order valence-electron chi connectivity index (χ3n) is 2.18. The van der Waals surface area contributed by atoms with E-state index in [0.29, 0.717) is 6.42 Å². The summed E-state index contributed by atoms with van der Waals surface area (Å²) in [5.41, 5.74) is -1.23. The Bertz CT molecular complexity index is 374. The molecule has 0 saturated carbocycles. The monoisotopic (exact) mass is 231 g/mol. The third kappa shape index (κ3) is 3.05. The summed E-state index contributed by atoms with van der Waals surface area (Å²) in [6, 6.07) is 0.833. The van der Waals surface area contributed by atoms with Crippen LogP contribution >= 0.6 is 0 Å². The fourth-order valence-electron chi connectivity index (χ4n) is 1.34. The van der Waals surface area contributed by atoms with Crippen LogP contribution in [0.15, 0.2) is 18.5 Å². The highest BCUT2D eigenvalue weighted by molar-refractivity contribution is 5.97. The number of unbranched alkanes of at least 4 members (excludes halogenated alkanes) is 1. The van der Waals surface area contributed by atoms with Crippen LogP contribution < -0.4 is 0 Å². The van der Waals surface area contributed by atoms with Crippen molar-refractivity contribution in [1.29, 1.82) is 0 Å². The number of Topliss-reactive ketones (excluding diaryl/α,β-unsaturated/α-hetero) is 1. The van der Waals surface area contributed by atoms with Crippen molar-refractivity contribution < 1.29 is 18.0 Å². The van der Waals surface area contributed by atoms with Crippen molar-refractivity contribution in [2.75, 3.05) is 0 Å². The minimum atomic E-state index is -4.50. The van der Waals surface area contributed by atoms with Gasteiger partial charge >= 0.3 is 6.18 Å². The summed E-state index contributed by atoms with van der Waals surface area (Å²) in [4.78, 5) is 15.1. The number of carbonyl (C=O) groups excluding carboxylic acids is 1. The molecule has 1 heterocycles. The van der Waals surface area contributed by atoms with Gasteiger partial charge in [-0.05, 0) is 12.5 Å². The van der Waals surface area contributed by atoms with Crippen molar-refractivity contribution in [3.63, 3.8) is 0 Å². The second-order valence-electron chi connectivity index (χ2n) is 3.45. The lowest BCUT2D eigenvalue weighted by atomic mass is 10.0. The van der Waals surface area contributed by atoms with Crippen molar-refractivity contribution in [3.05, 3.63) is 29.6 Å². The Morgan fingerprint density at radius 3 is 2.69 bits per heavy atom. The quantitative estimate of drug-likeness (QED) is 0.742. The maximum absolute atomic E-state index is 12.6. The lowest BCUT2D eigenvalue weighted by Gasteiger charge is -2.10. The number of rotatable bonds is 4. The first-order valence-corrected chi connectivity index (χ1v) is 5.01. The molecule has 0 saturated heterocycles. The summed E-state index contributed by atoms with van der Waals surface area (Å²) in [5, 5.41) is 0. The van der Waals surface area contributed by atoms with E-state index >= 15 is 0 Å². The van der Waals surface area contributed by atoms with Crippen LogP contribution in [0.1, 0.15) is 42.1 Å². The number of hydrogen-bond acceptors (Lipinski definition) is 2. The van der Waals surface area contributed by atoms with Crippen LogP contribution in [0.25, 0.3) is 0 Å². The number of ketones is 1. The molecular formula is C11H12F3NO. The minimum Gasteiger partial charge on any atom is -0.294 e. The molecule has 16 heavy (non-hydrogen) atoms. The van der Waals surface area contributed by atoms with Gasteiger partial charge in [0.25, 0.3) is 0 Å². The van der Waals surface area contributed by atoms with Gasteiger partial charge in [-0.25, -0.2) is 0 Å². The molecule has 5 heteroatoms. The van der Waals surface area contributed by atoms with E-state index in [1.165, 1.54) is 0 Å². The van der Waals surface area contributed by atoms with Crippen LogP contribution in [0.5, 0.6) is 0 Å². The van der Waals surface area contributed by atoms with Gasteiger partial charge in [0, 0.05) is 24.4 Å². The normalized spacial score (nSPS) is 11.5. The molecule has 88 valence electrons. The molecule has 2 nitrogen and oxygen atoms in total. The van der Waals surface area contributed by atoms with Crippen LogP contribution in [0.2, 0.25) is 0 Å². The molecular weight excluding hydrogens is 219 g/mol. The zero-order valence-corrected chi connectivity index (χ0v) is 8.84. The standard InChI is InChI=1S/C11H12F3NO/c1-2-3-4-10(16)8-7-15-6-5-9(8)11(12,13)14/h5-7H,2-4H2,1H3. The molecule has 0 amide bonds. The predicted octanol–water partition coefficient (Wildman–Crippen LogP) is 3.47. The van der Waals surface area contributed by atoms with Crippen LogP contribution in [-0.2, 0) is 6.18 Å². The topological polar surface area (TPSA) is 30.0 Å². The summed E-state index contributed by atoms with van der Waals surface area (Å²) in [5.74, 6) is -0.498. The number of pyridine rings is 1. The van der Waals surface area contributed by atoms with Gasteiger partial charge in [0.1, 0.15) is 0 Å². The molecule has 0 aliphatic rings. The first-order chi connectivity index (χ1) is 7.46. The highest BCUT2D eigenvalue weighted by Crippen LogP contribution is 2.32. The minimum absolute atomic E-state index is 0.130. The highest BCUT2D eigenvalue weighted by atomic mass is 19.4. The lowest BCUT2D eigenvalue weighted by Crippen LogP contribution is -2.13. The smallest absolute Gasteiger partial charge is 0.294 e. The van der Waals surface area contributed by atoms with E-state index in [0.717, 1.165) is 24.9 Å². The third-order valence-corrected chi connectivity index (χ3v) is 2.18. The first kappa shape index (κ1) is 12.7. The van der Waals surface area contributed by atoms with E-state index in [1.54, 1.807) is 0 Å². The molecule has 0 unspecified atom stereocenters. The van der Waals surface area contributed by atoms with Crippen LogP contribution in [0.4, 0.5) is 13.2 Å². The maximum Gasteiger partial charge on any atom is 0.417 e. The average molecular weight is 231 g/mol.